The number of thiophene rings is 1. The summed E-state index contributed by atoms with van der Waals surface area (Å²) in [7, 11) is 0. The maximum absolute atomic E-state index is 14.2. The molecule has 24 heavy (non-hydrogen) atoms. The summed E-state index contributed by atoms with van der Waals surface area (Å²) in [5, 5.41) is 20.6. The number of halogens is 1. The van der Waals surface area contributed by atoms with Crippen LogP contribution in [-0.2, 0) is 0 Å². The van der Waals surface area contributed by atoms with Crippen molar-refractivity contribution in [2.45, 2.75) is 0 Å². The molecule has 5 N–H and O–H groups in total. The maximum Gasteiger partial charge on any atom is 0.342 e. The summed E-state index contributed by atoms with van der Waals surface area (Å²) >= 11 is 1.20. The number of carbonyl (C=O) groups is 2. The highest BCUT2D eigenvalue weighted by atomic mass is 32.1. The molecule has 0 fully saturated rings. The number of rotatable bonds is 3. The van der Waals surface area contributed by atoms with Crippen LogP contribution in [0.1, 0.15) is 20.7 Å². The number of benzene rings is 1. The van der Waals surface area contributed by atoms with Crippen LogP contribution in [0.15, 0.2) is 28.4 Å². The highest BCUT2D eigenvalue weighted by Crippen LogP contribution is 2.34. The first kappa shape index (κ1) is 15.7. The Kier molecular flexibility index (Phi) is 3.57. The molecule has 0 bridgehead atoms. The van der Waals surface area contributed by atoms with Crippen molar-refractivity contribution in [2.75, 3.05) is 5.73 Å². The van der Waals surface area contributed by atoms with Crippen molar-refractivity contribution in [1.82, 2.24) is 4.98 Å². The lowest BCUT2D eigenvalue weighted by molar-refractivity contribution is 0.0695. The number of aromatic amines is 1. The number of anilines is 1. The number of H-pyrrole nitrogens is 1. The maximum atomic E-state index is 14.2. The highest BCUT2D eigenvalue weighted by molar-refractivity contribution is 7.17. The SMILES string of the molecule is Nc1[nH]c(=O)c(C(=O)O)c(-c2cc(F)c3ccsc3c2)c1C(=O)O. The predicted octanol–water partition coefficient (Wildman–Crippen LogP) is 2.37. The molecule has 0 radical (unpaired) electrons. The molecule has 7 nitrogen and oxygen atoms in total. The summed E-state index contributed by atoms with van der Waals surface area (Å²) < 4.78 is 14.7. The molecule has 0 atom stereocenters. The van der Waals surface area contributed by atoms with E-state index in [2.05, 4.69) is 0 Å². The number of carboxylic acids is 2. The molecule has 2 heterocycles. The van der Waals surface area contributed by atoms with Crippen molar-refractivity contribution >= 4 is 39.2 Å². The lowest BCUT2D eigenvalue weighted by Crippen LogP contribution is -2.24. The molecule has 3 aromatic rings. The summed E-state index contributed by atoms with van der Waals surface area (Å²) in [4.78, 5) is 36.9. The number of aromatic nitrogens is 1. The first-order valence-corrected chi connectivity index (χ1v) is 7.38. The van der Waals surface area contributed by atoms with E-state index in [1.807, 2.05) is 4.98 Å². The number of nitrogens with two attached hydrogens (primary N) is 1. The minimum absolute atomic E-state index is 0.0462. The Bertz CT molecular complexity index is 1070. The number of hydrogen-bond acceptors (Lipinski definition) is 5. The third-order valence-electron chi connectivity index (χ3n) is 3.48. The summed E-state index contributed by atoms with van der Waals surface area (Å²) in [6.07, 6.45) is 0. The Labute approximate surface area is 136 Å². The fraction of sp³-hybridized carbons (Fsp3) is 0. The number of nitrogens with one attached hydrogen (secondary N) is 1. The van der Waals surface area contributed by atoms with E-state index in [0.29, 0.717) is 10.1 Å². The zero-order valence-corrected chi connectivity index (χ0v) is 12.6. The van der Waals surface area contributed by atoms with E-state index in [0.717, 1.165) is 6.07 Å². The Hall–Kier alpha value is -3.20. The van der Waals surface area contributed by atoms with E-state index in [1.54, 1.807) is 11.4 Å². The molecule has 0 amide bonds. The second-order valence-corrected chi connectivity index (χ2v) is 5.84. The zero-order chi connectivity index (χ0) is 17.6. The van der Waals surface area contributed by atoms with Gasteiger partial charge in [-0.05, 0) is 29.1 Å². The Morgan fingerprint density at radius 3 is 2.46 bits per heavy atom. The molecule has 0 spiro atoms. The van der Waals surface area contributed by atoms with E-state index in [1.165, 1.54) is 17.4 Å². The van der Waals surface area contributed by atoms with Gasteiger partial charge in [0.1, 0.15) is 22.8 Å². The molecule has 1 aromatic carbocycles. The largest absolute Gasteiger partial charge is 0.478 e. The van der Waals surface area contributed by atoms with Gasteiger partial charge in [0.2, 0.25) is 0 Å². The fourth-order valence-electron chi connectivity index (χ4n) is 2.51. The van der Waals surface area contributed by atoms with Gasteiger partial charge >= 0.3 is 11.9 Å². The van der Waals surface area contributed by atoms with Crippen molar-refractivity contribution < 1.29 is 24.2 Å². The standard InChI is InChI=1S/C15H9FN2O5S/c16-7-3-5(4-8-6(7)1-2-24-8)9-10(14(20)21)12(17)18-13(19)11(9)15(22)23/h1-4H,(H,20,21)(H,22,23)(H3,17,18,19). The van der Waals surface area contributed by atoms with Gasteiger partial charge in [0.15, 0.2) is 0 Å². The molecule has 0 aliphatic rings. The molecule has 0 saturated carbocycles. The molecule has 0 aliphatic carbocycles. The fourth-order valence-corrected chi connectivity index (χ4v) is 3.35. The number of hydrogen-bond donors (Lipinski definition) is 4. The minimum Gasteiger partial charge on any atom is -0.478 e. The number of fused-ring (bicyclic) bond motifs is 1. The predicted molar refractivity (Wildman–Crippen MR) is 86.2 cm³/mol. The Morgan fingerprint density at radius 2 is 1.83 bits per heavy atom. The Morgan fingerprint density at radius 1 is 1.17 bits per heavy atom. The van der Waals surface area contributed by atoms with E-state index in [4.69, 9.17) is 5.73 Å². The van der Waals surface area contributed by atoms with Crippen molar-refractivity contribution in [3.05, 3.63) is 50.9 Å². The molecule has 3 rings (SSSR count). The van der Waals surface area contributed by atoms with E-state index in [-0.39, 0.29) is 5.56 Å². The van der Waals surface area contributed by atoms with Crippen molar-refractivity contribution in [1.29, 1.82) is 0 Å². The number of nitrogen functional groups attached to an aromatic ring is 1. The van der Waals surface area contributed by atoms with Crippen molar-refractivity contribution in [2.24, 2.45) is 0 Å². The second-order valence-electron chi connectivity index (χ2n) is 4.89. The molecule has 0 aliphatic heterocycles. The first-order valence-electron chi connectivity index (χ1n) is 6.50. The van der Waals surface area contributed by atoms with Gasteiger partial charge in [0.05, 0.1) is 0 Å². The van der Waals surface area contributed by atoms with Crippen LogP contribution in [0.5, 0.6) is 0 Å². The van der Waals surface area contributed by atoms with Gasteiger partial charge in [-0.15, -0.1) is 11.3 Å². The van der Waals surface area contributed by atoms with Gasteiger partial charge in [-0.2, -0.15) is 0 Å². The molecular weight excluding hydrogens is 339 g/mol. The van der Waals surface area contributed by atoms with Crippen LogP contribution in [0, 0.1) is 5.82 Å². The summed E-state index contributed by atoms with van der Waals surface area (Å²) in [6, 6.07) is 3.96. The molecule has 9 heteroatoms. The normalized spacial score (nSPS) is 10.9. The summed E-state index contributed by atoms with van der Waals surface area (Å²) in [6.45, 7) is 0. The van der Waals surface area contributed by atoms with Gasteiger partial charge in [-0.1, -0.05) is 0 Å². The lowest BCUT2D eigenvalue weighted by Gasteiger charge is -2.12. The monoisotopic (exact) mass is 348 g/mol. The zero-order valence-electron chi connectivity index (χ0n) is 11.8. The number of carboxylic acid groups (broad SMARTS) is 2. The van der Waals surface area contributed by atoms with E-state index in [9.17, 15) is 29.0 Å². The topological polar surface area (TPSA) is 133 Å². The van der Waals surface area contributed by atoms with E-state index >= 15 is 0 Å². The van der Waals surface area contributed by atoms with Crippen molar-refractivity contribution in [3.63, 3.8) is 0 Å². The highest BCUT2D eigenvalue weighted by Gasteiger charge is 2.27. The minimum atomic E-state index is -1.64. The van der Waals surface area contributed by atoms with Crippen molar-refractivity contribution in [3.8, 4) is 11.1 Å². The van der Waals surface area contributed by atoms with Crippen LogP contribution in [0.2, 0.25) is 0 Å². The van der Waals surface area contributed by atoms with Gasteiger partial charge < -0.3 is 20.9 Å². The third kappa shape index (κ3) is 2.31. The number of pyridine rings is 1. The average molecular weight is 348 g/mol. The van der Waals surface area contributed by atoms with Gasteiger partial charge in [-0.25, -0.2) is 14.0 Å². The summed E-state index contributed by atoms with van der Waals surface area (Å²) in [5.74, 6) is -4.33. The number of aromatic carboxylic acids is 2. The van der Waals surface area contributed by atoms with Gasteiger partial charge in [0, 0.05) is 15.6 Å². The quantitative estimate of drug-likeness (QED) is 0.574. The van der Waals surface area contributed by atoms with Crippen LogP contribution in [0.4, 0.5) is 10.2 Å². The van der Waals surface area contributed by atoms with Gasteiger partial charge in [-0.3, -0.25) is 4.79 Å². The van der Waals surface area contributed by atoms with Crippen LogP contribution in [-0.4, -0.2) is 27.1 Å². The van der Waals surface area contributed by atoms with E-state index < -0.39 is 45.8 Å². The smallest absolute Gasteiger partial charge is 0.342 e. The second kappa shape index (κ2) is 5.46. The molecule has 2 aromatic heterocycles. The van der Waals surface area contributed by atoms with Crippen LogP contribution < -0.4 is 11.3 Å². The van der Waals surface area contributed by atoms with Crippen LogP contribution >= 0.6 is 11.3 Å². The van der Waals surface area contributed by atoms with Gasteiger partial charge in [0.25, 0.3) is 5.56 Å². The molecule has 0 saturated heterocycles. The molecular formula is C15H9FN2O5S. The lowest BCUT2D eigenvalue weighted by atomic mass is 9.95. The summed E-state index contributed by atoms with van der Waals surface area (Å²) in [5.41, 5.74) is 2.60. The first-order chi connectivity index (χ1) is 11.3. The average Bonchev–Trinajstić information content (AvgIpc) is 2.94. The van der Waals surface area contributed by atoms with Crippen LogP contribution in [0.25, 0.3) is 21.2 Å². The van der Waals surface area contributed by atoms with Crippen LogP contribution in [0.3, 0.4) is 0 Å². The Balaban J connectivity index is 2.50. The molecule has 122 valence electrons. The third-order valence-corrected chi connectivity index (χ3v) is 4.35. The molecule has 0 unspecified atom stereocenters.